The van der Waals surface area contributed by atoms with Crippen LogP contribution in [0.5, 0.6) is 5.75 Å². The van der Waals surface area contributed by atoms with Gasteiger partial charge in [0, 0.05) is 11.6 Å². The highest BCUT2D eigenvalue weighted by atomic mass is 35.5. The summed E-state index contributed by atoms with van der Waals surface area (Å²) in [6.07, 6.45) is 3.25. The van der Waals surface area contributed by atoms with Crippen LogP contribution in [0.2, 0.25) is 0 Å². The van der Waals surface area contributed by atoms with Gasteiger partial charge in [-0.2, -0.15) is 8.78 Å². The highest BCUT2D eigenvalue weighted by Gasteiger charge is 2.19. The second kappa shape index (κ2) is 6.77. The predicted octanol–water partition coefficient (Wildman–Crippen LogP) is 3.52. The first-order chi connectivity index (χ1) is 7.77. The van der Waals surface area contributed by atoms with Gasteiger partial charge >= 0.3 is 6.61 Å². The predicted molar refractivity (Wildman–Crippen MR) is 64.9 cm³/mol. The fourth-order valence-electron chi connectivity index (χ4n) is 2.09. The third-order valence-electron chi connectivity index (χ3n) is 2.82. The molecule has 0 spiro atoms. The van der Waals surface area contributed by atoms with Crippen LogP contribution >= 0.6 is 12.4 Å². The number of hydrogen-bond donors (Lipinski definition) is 1. The van der Waals surface area contributed by atoms with E-state index in [1.165, 1.54) is 0 Å². The van der Waals surface area contributed by atoms with Gasteiger partial charge < -0.3 is 10.1 Å². The van der Waals surface area contributed by atoms with Gasteiger partial charge in [0.15, 0.2) is 0 Å². The lowest BCUT2D eigenvalue weighted by Crippen LogP contribution is -2.27. The average molecular weight is 264 g/mol. The Morgan fingerprint density at radius 2 is 2.00 bits per heavy atom. The monoisotopic (exact) mass is 263 g/mol. The van der Waals surface area contributed by atoms with E-state index in [1.807, 2.05) is 12.1 Å². The quantitative estimate of drug-likeness (QED) is 0.901. The Balaban J connectivity index is 0.00000144. The fourth-order valence-corrected chi connectivity index (χ4v) is 2.09. The Morgan fingerprint density at radius 3 is 2.65 bits per heavy atom. The van der Waals surface area contributed by atoms with Crippen molar-refractivity contribution in [3.63, 3.8) is 0 Å². The van der Waals surface area contributed by atoms with Crippen molar-refractivity contribution in [2.75, 3.05) is 6.54 Å². The molecule has 0 aliphatic carbocycles. The molecule has 1 heterocycles. The van der Waals surface area contributed by atoms with Crippen molar-refractivity contribution in [3.8, 4) is 5.75 Å². The number of rotatable bonds is 3. The third kappa shape index (κ3) is 3.82. The van der Waals surface area contributed by atoms with E-state index >= 15 is 0 Å². The molecule has 1 aromatic rings. The van der Waals surface area contributed by atoms with Crippen LogP contribution < -0.4 is 10.1 Å². The summed E-state index contributed by atoms with van der Waals surface area (Å²) >= 11 is 0. The molecule has 1 aliphatic heterocycles. The molecule has 0 amide bonds. The van der Waals surface area contributed by atoms with E-state index in [1.54, 1.807) is 12.1 Å². The van der Waals surface area contributed by atoms with E-state index < -0.39 is 6.61 Å². The van der Waals surface area contributed by atoms with Gasteiger partial charge in [0.1, 0.15) is 5.75 Å². The molecule has 5 heteroatoms. The highest BCUT2D eigenvalue weighted by molar-refractivity contribution is 5.85. The van der Waals surface area contributed by atoms with Crippen molar-refractivity contribution in [3.05, 3.63) is 29.8 Å². The lowest BCUT2D eigenvalue weighted by atomic mass is 9.97. The van der Waals surface area contributed by atoms with Crippen LogP contribution in [0.3, 0.4) is 0 Å². The van der Waals surface area contributed by atoms with Gasteiger partial charge in [-0.3, -0.25) is 0 Å². The van der Waals surface area contributed by atoms with Gasteiger partial charge in [0.25, 0.3) is 0 Å². The van der Waals surface area contributed by atoms with Gasteiger partial charge in [-0.1, -0.05) is 24.6 Å². The summed E-state index contributed by atoms with van der Waals surface area (Å²) in [4.78, 5) is 0. The maximum absolute atomic E-state index is 12.2. The van der Waals surface area contributed by atoms with Crippen molar-refractivity contribution in [2.24, 2.45) is 0 Å². The zero-order chi connectivity index (χ0) is 11.4. The van der Waals surface area contributed by atoms with Crippen LogP contribution in [-0.4, -0.2) is 13.2 Å². The number of nitrogens with one attached hydrogen (secondary N) is 1. The summed E-state index contributed by atoms with van der Waals surface area (Å²) in [6.45, 7) is -1.82. The molecule has 1 fully saturated rings. The highest BCUT2D eigenvalue weighted by Crippen LogP contribution is 2.31. The second-order valence-electron chi connectivity index (χ2n) is 3.92. The molecule has 1 atom stereocenters. The molecule has 0 aromatic heterocycles. The molecule has 0 saturated carbocycles. The van der Waals surface area contributed by atoms with Crippen LogP contribution in [0.4, 0.5) is 8.78 Å². The van der Waals surface area contributed by atoms with Crippen molar-refractivity contribution in [1.29, 1.82) is 0 Å². The van der Waals surface area contributed by atoms with Crippen LogP contribution in [0, 0.1) is 0 Å². The van der Waals surface area contributed by atoms with Gasteiger partial charge in [-0.05, 0) is 25.5 Å². The van der Waals surface area contributed by atoms with Crippen molar-refractivity contribution in [2.45, 2.75) is 31.9 Å². The maximum Gasteiger partial charge on any atom is 0.387 e. The fraction of sp³-hybridized carbons (Fsp3) is 0.500. The number of piperidine rings is 1. The van der Waals surface area contributed by atoms with Gasteiger partial charge in [0.2, 0.25) is 0 Å². The van der Waals surface area contributed by atoms with E-state index in [0.29, 0.717) is 0 Å². The summed E-state index contributed by atoms with van der Waals surface area (Å²) in [5, 5.41) is 3.32. The minimum Gasteiger partial charge on any atom is -0.434 e. The number of alkyl halides is 2. The zero-order valence-electron chi connectivity index (χ0n) is 9.36. The molecule has 1 aliphatic rings. The summed E-state index contributed by atoms with van der Waals surface area (Å²) in [5.41, 5.74) is 0.836. The number of halogens is 3. The normalized spacial score (nSPS) is 19.8. The molecular formula is C12H16ClF2NO. The molecule has 1 saturated heterocycles. The van der Waals surface area contributed by atoms with E-state index in [4.69, 9.17) is 0 Å². The first-order valence-electron chi connectivity index (χ1n) is 5.54. The minimum absolute atomic E-state index is 0. The van der Waals surface area contributed by atoms with Crippen LogP contribution in [0.15, 0.2) is 24.3 Å². The van der Waals surface area contributed by atoms with E-state index in [-0.39, 0.29) is 24.2 Å². The Kier molecular flexibility index (Phi) is 5.65. The molecule has 0 bridgehead atoms. The number of benzene rings is 1. The molecule has 96 valence electrons. The number of para-hydroxylation sites is 1. The van der Waals surface area contributed by atoms with E-state index in [0.717, 1.165) is 31.4 Å². The SMILES string of the molecule is Cl.FC(F)Oc1ccccc1[C@@H]1CCCCN1. The summed E-state index contributed by atoms with van der Waals surface area (Å²) < 4.78 is 29.0. The Morgan fingerprint density at radius 1 is 1.24 bits per heavy atom. The lowest BCUT2D eigenvalue weighted by molar-refractivity contribution is -0.0507. The zero-order valence-corrected chi connectivity index (χ0v) is 10.2. The second-order valence-corrected chi connectivity index (χ2v) is 3.92. The van der Waals surface area contributed by atoms with Crippen molar-refractivity contribution >= 4 is 12.4 Å². The summed E-state index contributed by atoms with van der Waals surface area (Å²) in [7, 11) is 0. The van der Waals surface area contributed by atoms with Crippen LogP contribution in [-0.2, 0) is 0 Å². The smallest absolute Gasteiger partial charge is 0.387 e. The van der Waals surface area contributed by atoms with Crippen molar-refractivity contribution in [1.82, 2.24) is 5.32 Å². The van der Waals surface area contributed by atoms with Gasteiger partial charge in [-0.15, -0.1) is 12.4 Å². The largest absolute Gasteiger partial charge is 0.434 e. The summed E-state index contributed by atoms with van der Waals surface area (Å²) in [5.74, 6) is 0.289. The molecule has 1 aromatic carbocycles. The molecular weight excluding hydrogens is 248 g/mol. The molecule has 2 rings (SSSR count). The standard InChI is InChI=1S/C12H15F2NO.ClH/c13-12(14)16-11-7-2-1-5-9(11)10-6-3-4-8-15-10;/h1-2,5,7,10,12,15H,3-4,6,8H2;1H/t10-;/m0./s1. The number of hydrogen-bond acceptors (Lipinski definition) is 2. The molecule has 1 N–H and O–H groups in total. The summed E-state index contributed by atoms with van der Waals surface area (Å²) in [6, 6.07) is 7.15. The molecule has 17 heavy (non-hydrogen) atoms. The number of ether oxygens (including phenoxy) is 1. The van der Waals surface area contributed by atoms with Crippen LogP contribution in [0.25, 0.3) is 0 Å². The minimum atomic E-state index is -2.76. The first-order valence-corrected chi connectivity index (χ1v) is 5.54. The topological polar surface area (TPSA) is 21.3 Å². The van der Waals surface area contributed by atoms with Crippen LogP contribution in [0.1, 0.15) is 30.9 Å². The molecule has 2 nitrogen and oxygen atoms in total. The van der Waals surface area contributed by atoms with E-state index in [9.17, 15) is 8.78 Å². The Bertz CT molecular complexity index is 343. The van der Waals surface area contributed by atoms with Gasteiger partial charge in [0.05, 0.1) is 0 Å². The maximum atomic E-state index is 12.2. The van der Waals surface area contributed by atoms with E-state index in [2.05, 4.69) is 10.1 Å². The van der Waals surface area contributed by atoms with Crippen molar-refractivity contribution < 1.29 is 13.5 Å². The Hall–Kier alpha value is -0.870. The first kappa shape index (κ1) is 14.2. The molecule has 0 unspecified atom stereocenters. The average Bonchev–Trinajstić information content (AvgIpc) is 2.30. The Labute approximate surface area is 106 Å². The van der Waals surface area contributed by atoms with Gasteiger partial charge in [-0.25, -0.2) is 0 Å². The molecule has 0 radical (unpaired) electrons. The third-order valence-corrected chi connectivity index (χ3v) is 2.82. The lowest BCUT2D eigenvalue weighted by Gasteiger charge is -2.25.